The number of amidine groups is 1. The van der Waals surface area contributed by atoms with Gasteiger partial charge in [-0.2, -0.15) is 13.2 Å². The number of allylic oxidation sites excluding steroid dienone is 1. The van der Waals surface area contributed by atoms with Crippen LogP contribution < -0.4 is 10.6 Å². The zero-order valence-electron chi connectivity index (χ0n) is 15.8. The van der Waals surface area contributed by atoms with Crippen molar-refractivity contribution in [2.75, 3.05) is 31.2 Å². The fourth-order valence-electron chi connectivity index (χ4n) is 3.81. The minimum atomic E-state index is -4.50. The van der Waals surface area contributed by atoms with Crippen molar-refractivity contribution in [1.82, 2.24) is 9.97 Å². The highest BCUT2D eigenvalue weighted by molar-refractivity contribution is 6.06. The Kier molecular flexibility index (Phi) is 4.39. The lowest BCUT2D eigenvalue weighted by atomic mass is 9.92. The number of aliphatic imine (C=N–C) groups is 1. The molecule has 4 heterocycles. The van der Waals surface area contributed by atoms with Crippen molar-refractivity contribution in [1.29, 1.82) is 0 Å². The molecule has 0 aliphatic carbocycles. The molecule has 10 heteroatoms. The molecule has 1 aromatic carbocycles. The summed E-state index contributed by atoms with van der Waals surface area (Å²) in [5.74, 6) is -1.44. The smallest absolute Gasteiger partial charge is 0.396 e. The molecule has 0 bridgehead atoms. The van der Waals surface area contributed by atoms with E-state index in [2.05, 4.69) is 15.0 Å². The van der Waals surface area contributed by atoms with Crippen LogP contribution >= 0.6 is 0 Å². The maximum Gasteiger partial charge on any atom is 0.396 e. The highest BCUT2D eigenvalue weighted by atomic mass is 19.4. The number of nitrogens with two attached hydrogens (primary N) is 1. The molecule has 1 fully saturated rings. The van der Waals surface area contributed by atoms with Crippen LogP contribution in [0.3, 0.4) is 0 Å². The van der Waals surface area contributed by atoms with Gasteiger partial charge in [-0.15, -0.1) is 0 Å². The van der Waals surface area contributed by atoms with Gasteiger partial charge >= 0.3 is 6.18 Å². The molecule has 0 saturated carbocycles. The highest BCUT2D eigenvalue weighted by Crippen LogP contribution is 2.42. The molecule has 7 nitrogen and oxygen atoms in total. The van der Waals surface area contributed by atoms with Crippen LogP contribution in [0.25, 0.3) is 27.6 Å². The van der Waals surface area contributed by atoms with Crippen LogP contribution in [0.2, 0.25) is 0 Å². The topological polar surface area (TPSA) is 89.8 Å². The van der Waals surface area contributed by atoms with Crippen molar-refractivity contribution in [3.63, 3.8) is 0 Å². The Morgan fingerprint density at radius 2 is 1.87 bits per heavy atom. The largest absolute Gasteiger partial charge is 0.450 e. The molecule has 1 saturated heterocycles. The number of benzene rings is 1. The minimum Gasteiger partial charge on any atom is -0.450 e. The Hall–Kier alpha value is -3.14. The highest BCUT2D eigenvalue weighted by Gasteiger charge is 2.45. The quantitative estimate of drug-likeness (QED) is 0.687. The lowest BCUT2D eigenvalue weighted by molar-refractivity contribution is -0.156. The molecule has 30 heavy (non-hydrogen) atoms. The summed E-state index contributed by atoms with van der Waals surface area (Å²) in [7, 11) is 0. The lowest BCUT2D eigenvalue weighted by Gasteiger charge is -2.29. The number of rotatable bonds is 2. The standard InChI is InChI=1S/C20H18F3N5O2/c21-20(22,23)13-9-15(24)25-10-12(13)18-26-16-11-3-1-2-4-14(11)30-17(16)19(27-18)28-5-7-29-8-6-28/h1-4,10,13H,5-9H2,(H2,24,25). The first kappa shape index (κ1) is 18.9. The SMILES string of the molecule is NC1=NC=C(c2nc(N3CCOCC3)c3oc4ccccc4c3n2)C(C(F)(F)F)C1. The van der Waals surface area contributed by atoms with Crippen LogP contribution in [0.4, 0.5) is 19.0 Å². The van der Waals surface area contributed by atoms with E-state index < -0.39 is 18.5 Å². The fourth-order valence-corrected chi connectivity index (χ4v) is 3.81. The van der Waals surface area contributed by atoms with Crippen molar-refractivity contribution in [3.8, 4) is 0 Å². The van der Waals surface area contributed by atoms with Crippen molar-refractivity contribution in [2.24, 2.45) is 16.6 Å². The van der Waals surface area contributed by atoms with Gasteiger partial charge in [-0.25, -0.2) is 15.0 Å². The van der Waals surface area contributed by atoms with E-state index in [4.69, 9.17) is 14.9 Å². The average Bonchev–Trinajstić information content (AvgIpc) is 3.12. The van der Waals surface area contributed by atoms with Gasteiger partial charge in [0, 0.05) is 36.7 Å². The number of furan rings is 1. The molecule has 0 spiro atoms. The third kappa shape index (κ3) is 3.17. The van der Waals surface area contributed by atoms with Crippen LogP contribution in [0.1, 0.15) is 12.2 Å². The first-order valence-electron chi connectivity index (χ1n) is 9.53. The first-order valence-corrected chi connectivity index (χ1v) is 9.53. The summed E-state index contributed by atoms with van der Waals surface area (Å²) in [6, 6.07) is 7.28. The van der Waals surface area contributed by atoms with Gasteiger partial charge in [0.2, 0.25) is 0 Å². The Labute approximate surface area is 169 Å². The van der Waals surface area contributed by atoms with Gasteiger partial charge in [-0.1, -0.05) is 12.1 Å². The number of fused-ring (bicyclic) bond motifs is 3. The number of anilines is 1. The Balaban J connectivity index is 1.75. The maximum absolute atomic E-state index is 13.8. The summed E-state index contributed by atoms with van der Waals surface area (Å²) in [6.07, 6.45) is -3.79. The molecule has 2 N–H and O–H groups in total. The second kappa shape index (κ2) is 6.98. The van der Waals surface area contributed by atoms with E-state index in [9.17, 15) is 13.2 Å². The summed E-state index contributed by atoms with van der Waals surface area (Å²) < 4.78 is 52.7. The van der Waals surface area contributed by atoms with E-state index in [1.54, 1.807) is 6.07 Å². The Morgan fingerprint density at radius 1 is 1.10 bits per heavy atom. The summed E-state index contributed by atoms with van der Waals surface area (Å²) in [5, 5.41) is 0.716. The predicted octanol–water partition coefficient (Wildman–Crippen LogP) is 3.49. The monoisotopic (exact) mass is 417 g/mol. The van der Waals surface area contributed by atoms with E-state index in [1.165, 1.54) is 0 Å². The number of hydrogen-bond acceptors (Lipinski definition) is 7. The Bertz CT molecular complexity index is 1180. The fraction of sp³-hybridized carbons (Fsp3) is 0.350. The molecule has 1 unspecified atom stereocenters. The molecule has 5 rings (SSSR count). The molecular weight excluding hydrogens is 399 g/mol. The molecule has 0 radical (unpaired) electrons. The molecular formula is C20H18F3N5O2. The van der Waals surface area contributed by atoms with Crippen molar-refractivity contribution in [2.45, 2.75) is 12.6 Å². The van der Waals surface area contributed by atoms with Gasteiger partial charge < -0.3 is 19.8 Å². The predicted molar refractivity (Wildman–Crippen MR) is 106 cm³/mol. The summed E-state index contributed by atoms with van der Waals surface area (Å²) in [4.78, 5) is 14.9. The first-order chi connectivity index (χ1) is 14.4. The second-order valence-electron chi connectivity index (χ2n) is 7.25. The zero-order valence-corrected chi connectivity index (χ0v) is 15.8. The molecule has 156 valence electrons. The normalized spacial score (nSPS) is 20.5. The van der Waals surface area contributed by atoms with Crippen LogP contribution in [0.5, 0.6) is 0 Å². The molecule has 0 amide bonds. The molecule has 2 aromatic heterocycles. The molecule has 2 aliphatic rings. The van der Waals surface area contributed by atoms with Gasteiger partial charge in [-0.05, 0) is 12.1 Å². The number of ether oxygens (including phenoxy) is 1. The van der Waals surface area contributed by atoms with E-state index in [1.807, 2.05) is 23.1 Å². The van der Waals surface area contributed by atoms with E-state index in [0.29, 0.717) is 54.2 Å². The molecule has 2 aliphatic heterocycles. The maximum atomic E-state index is 13.8. The van der Waals surface area contributed by atoms with Crippen molar-refractivity contribution < 1.29 is 22.3 Å². The third-order valence-corrected chi connectivity index (χ3v) is 5.32. The number of nitrogens with zero attached hydrogens (tertiary/aromatic N) is 4. The van der Waals surface area contributed by atoms with Crippen LogP contribution in [-0.4, -0.2) is 48.3 Å². The summed E-state index contributed by atoms with van der Waals surface area (Å²) in [5.41, 5.74) is 7.01. The number of alkyl halides is 3. The number of hydrogen-bond donors (Lipinski definition) is 1. The third-order valence-electron chi connectivity index (χ3n) is 5.32. The molecule has 1 atom stereocenters. The van der Waals surface area contributed by atoms with Crippen molar-refractivity contribution >= 4 is 39.3 Å². The van der Waals surface area contributed by atoms with E-state index in [0.717, 1.165) is 6.20 Å². The van der Waals surface area contributed by atoms with Gasteiger partial charge in [0.1, 0.15) is 11.1 Å². The van der Waals surface area contributed by atoms with E-state index in [-0.39, 0.29) is 17.2 Å². The van der Waals surface area contributed by atoms with Crippen LogP contribution in [0.15, 0.2) is 39.9 Å². The van der Waals surface area contributed by atoms with E-state index >= 15 is 0 Å². The van der Waals surface area contributed by atoms with Crippen LogP contribution in [-0.2, 0) is 4.74 Å². The lowest BCUT2D eigenvalue weighted by Crippen LogP contribution is -2.37. The van der Waals surface area contributed by atoms with Crippen LogP contribution in [0, 0.1) is 5.92 Å². The van der Waals surface area contributed by atoms with Crippen molar-refractivity contribution in [3.05, 3.63) is 36.3 Å². The summed E-state index contributed by atoms with van der Waals surface area (Å²) >= 11 is 0. The number of morpholine rings is 1. The van der Waals surface area contributed by atoms with Gasteiger partial charge in [-0.3, -0.25) is 0 Å². The zero-order chi connectivity index (χ0) is 20.9. The number of halogens is 3. The minimum absolute atomic E-state index is 0.0193. The van der Waals surface area contributed by atoms with Gasteiger partial charge in [0.25, 0.3) is 0 Å². The average molecular weight is 417 g/mol. The second-order valence-corrected chi connectivity index (χ2v) is 7.25. The number of aromatic nitrogens is 2. The van der Waals surface area contributed by atoms with Gasteiger partial charge in [0.05, 0.1) is 25.0 Å². The number of para-hydroxylation sites is 1. The van der Waals surface area contributed by atoms with Gasteiger partial charge in [0.15, 0.2) is 17.2 Å². The Morgan fingerprint density at radius 3 is 2.63 bits per heavy atom. The molecule has 3 aromatic rings. The summed E-state index contributed by atoms with van der Waals surface area (Å²) in [6.45, 7) is 2.09.